The fourth-order valence-corrected chi connectivity index (χ4v) is 4.08. The van der Waals surface area contributed by atoms with Gasteiger partial charge >= 0.3 is 11.9 Å². The van der Waals surface area contributed by atoms with Crippen molar-refractivity contribution in [2.45, 2.75) is 32.9 Å². The molecule has 3 rings (SSSR count). The summed E-state index contributed by atoms with van der Waals surface area (Å²) in [6, 6.07) is 5.85. The van der Waals surface area contributed by atoms with E-state index in [2.05, 4.69) is 30.8 Å². The summed E-state index contributed by atoms with van der Waals surface area (Å²) in [4.78, 5) is 35.5. The van der Waals surface area contributed by atoms with Gasteiger partial charge in [-0.15, -0.1) is 11.8 Å². The van der Waals surface area contributed by atoms with E-state index >= 15 is 0 Å². The molecular weight excluding hydrogens is 379 g/mol. The van der Waals surface area contributed by atoms with Gasteiger partial charge in [-0.1, -0.05) is 37.9 Å². The maximum atomic E-state index is 13.1. The SMILES string of the molecule is CN1C(=O)C2C(SCc3ccc(F)cc3)=NC(CC(C)(C)C)=NC2=[N+](C)C1=O. The Labute approximate surface area is 168 Å². The molecular formula is C20H24FN4O2S+. The largest absolute Gasteiger partial charge is 0.445 e. The molecule has 1 aromatic rings. The van der Waals surface area contributed by atoms with Crippen molar-refractivity contribution in [2.24, 2.45) is 21.3 Å². The van der Waals surface area contributed by atoms with Gasteiger partial charge in [0, 0.05) is 12.2 Å². The fourth-order valence-electron chi connectivity index (χ4n) is 3.03. The second-order valence-corrected chi connectivity index (χ2v) is 9.16. The molecule has 1 aromatic carbocycles. The first-order valence-electron chi connectivity index (χ1n) is 9.02. The van der Waals surface area contributed by atoms with Gasteiger partial charge in [-0.05, 0) is 23.1 Å². The minimum Gasteiger partial charge on any atom is -0.255 e. The standard InChI is InChI=1S/C20H24FN4O2S/c1-20(2,3)10-14-22-16-15(18(26)25(5)19(27)24(16)4)17(23-14)28-11-12-6-8-13(21)9-7-12/h6-9,15H,10-11H2,1-5H3/q+1. The third kappa shape index (κ3) is 4.22. The molecule has 0 saturated heterocycles. The van der Waals surface area contributed by atoms with Gasteiger partial charge < -0.3 is 0 Å². The van der Waals surface area contributed by atoms with Crippen molar-refractivity contribution < 1.29 is 18.6 Å². The zero-order valence-corrected chi connectivity index (χ0v) is 17.5. The Balaban J connectivity index is 1.97. The number of hydrogen-bond acceptors (Lipinski definition) is 5. The Morgan fingerprint density at radius 3 is 2.43 bits per heavy atom. The number of amides is 3. The zero-order valence-electron chi connectivity index (χ0n) is 16.7. The number of rotatable bonds is 3. The van der Waals surface area contributed by atoms with Crippen LogP contribution in [0.25, 0.3) is 0 Å². The highest BCUT2D eigenvalue weighted by atomic mass is 32.2. The maximum Gasteiger partial charge on any atom is 0.445 e. The van der Waals surface area contributed by atoms with E-state index in [1.54, 1.807) is 19.2 Å². The molecule has 0 aromatic heterocycles. The van der Waals surface area contributed by atoms with Gasteiger partial charge in [0.25, 0.3) is 5.84 Å². The highest BCUT2D eigenvalue weighted by Crippen LogP contribution is 2.30. The molecule has 1 atom stereocenters. The van der Waals surface area contributed by atoms with E-state index in [9.17, 15) is 14.0 Å². The Morgan fingerprint density at radius 2 is 1.82 bits per heavy atom. The van der Waals surface area contributed by atoms with Crippen molar-refractivity contribution in [3.8, 4) is 0 Å². The normalized spacial score (nSPS) is 20.2. The summed E-state index contributed by atoms with van der Waals surface area (Å²) in [6.07, 6.45) is 0.621. The summed E-state index contributed by atoms with van der Waals surface area (Å²) < 4.78 is 14.6. The van der Waals surface area contributed by atoms with E-state index in [1.807, 2.05) is 0 Å². The van der Waals surface area contributed by atoms with Crippen molar-refractivity contribution in [2.75, 3.05) is 14.1 Å². The molecule has 0 bridgehead atoms. The third-order valence-electron chi connectivity index (χ3n) is 4.47. The predicted molar refractivity (Wildman–Crippen MR) is 109 cm³/mol. The number of carbonyl (C=O) groups is 2. The van der Waals surface area contributed by atoms with Crippen LogP contribution in [-0.2, 0) is 10.5 Å². The molecule has 2 aliphatic rings. The number of fused-ring (bicyclic) bond motifs is 1. The molecule has 0 radical (unpaired) electrons. The van der Waals surface area contributed by atoms with Gasteiger partial charge in [-0.25, -0.2) is 14.2 Å². The quantitative estimate of drug-likeness (QED) is 0.725. The van der Waals surface area contributed by atoms with Gasteiger partial charge in [0.15, 0.2) is 5.92 Å². The number of halogens is 1. The Bertz CT molecular complexity index is 913. The number of urea groups is 1. The Kier molecular flexibility index (Phi) is 5.52. The van der Waals surface area contributed by atoms with Crippen LogP contribution >= 0.6 is 11.8 Å². The van der Waals surface area contributed by atoms with Crippen LogP contribution in [0.3, 0.4) is 0 Å². The smallest absolute Gasteiger partial charge is 0.255 e. The lowest BCUT2D eigenvalue weighted by Gasteiger charge is -2.27. The third-order valence-corrected chi connectivity index (χ3v) is 5.57. The first-order valence-corrected chi connectivity index (χ1v) is 10.0. The summed E-state index contributed by atoms with van der Waals surface area (Å²) in [5.74, 6) is 0.258. The number of imide groups is 1. The molecule has 2 heterocycles. The van der Waals surface area contributed by atoms with Crippen molar-refractivity contribution in [3.05, 3.63) is 35.6 Å². The average Bonchev–Trinajstić information content (AvgIpc) is 2.62. The molecule has 0 fully saturated rings. The Hall–Kier alpha value is -2.35. The second kappa shape index (κ2) is 7.58. The summed E-state index contributed by atoms with van der Waals surface area (Å²) >= 11 is 1.42. The molecule has 0 N–H and O–H groups in total. The van der Waals surface area contributed by atoms with Gasteiger partial charge in [-0.3, -0.25) is 4.79 Å². The van der Waals surface area contributed by atoms with Crippen molar-refractivity contribution in [1.82, 2.24) is 4.90 Å². The molecule has 8 heteroatoms. The minimum absolute atomic E-state index is 0.0412. The highest BCUT2D eigenvalue weighted by Gasteiger charge is 2.49. The number of aliphatic imine (C=N–C) groups is 2. The van der Waals surface area contributed by atoms with Crippen LogP contribution in [0.1, 0.15) is 32.8 Å². The first kappa shape index (κ1) is 20.4. The van der Waals surface area contributed by atoms with Crippen molar-refractivity contribution in [3.63, 3.8) is 0 Å². The van der Waals surface area contributed by atoms with Gasteiger partial charge in [0.05, 0.1) is 14.1 Å². The van der Waals surface area contributed by atoms with Crippen LogP contribution in [0, 0.1) is 17.2 Å². The number of thioether (sulfide) groups is 1. The van der Waals surface area contributed by atoms with Gasteiger partial charge in [0.2, 0.25) is 5.84 Å². The van der Waals surface area contributed by atoms with Crippen LogP contribution < -0.4 is 0 Å². The number of nitrogens with zero attached hydrogens (tertiary/aromatic N) is 4. The zero-order chi connectivity index (χ0) is 20.6. The molecule has 0 spiro atoms. The Morgan fingerprint density at radius 1 is 1.18 bits per heavy atom. The van der Waals surface area contributed by atoms with E-state index in [0.717, 1.165) is 10.5 Å². The van der Waals surface area contributed by atoms with Gasteiger partial charge in [-0.2, -0.15) is 9.48 Å². The second-order valence-electron chi connectivity index (χ2n) is 8.16. The average molecular weight is 404 g/mol. The summed E-state index contributed by atoms with van der Waals surface area (Å²) in [6.45, 7) is 6.26. The molecule has 0 saturated carbocycles. The number of benzene rings is 1. The van der Waals surface area contributed by atoms with Gasteiger partial charge in [0.1, 0.15) is 10.9 Å². The maximum absolute atomic E-state index is 13.1. The van der Waals surface area contributed by atoms with E-state index in [-0.39, 0.29) is 17.1 Å². The lowest BCUT2D eigenvalue weighted by atomic mass is 9.91. The molecule has 2 aliphatic heterocycles. The molecule has 0 aliphatic carbocycles. The highest BCUT2D eigenvalue weighted by molar-refractivity contribution is 8.13. The summed E-state index contributed by atoms with van der Waals surface area (Å²) in [5, 5.41) is 0.616. The topological polar surface area (TPSA) is 65.1 Å². The monoisotopic (exact) mass is 403 g/mol. The van der Waals surface area contributed by atoms with Crippen LogP contribution in [0.2, 0.25) is 0 Å². The lowest BCUT2D eigenvalue weighted by molar-refractivity contribution is -0.407. The minimum atomic E-state index is -0.693. The van der Waals surface area contributed by atoms with Crippen LogP contribution in [-0.4, -0.2) is 52.2 Å². The molecule has 148 valence electrons. The predicted octanol–water partition coefficient (Wildman–Crippen LogP) is 3.55. The fraction of sp³-hybridized carbons (Fsp3) is 0.450. The van der Waals surface area contributed by atoms with Crippen LogP contribution in [0.5, 0.6) is 0 Å². The van der Waals surface area contributed by atoms with Crippen LogP contribution in [0.4, 0.5) is 9.18 Å². The summed E-state index contributed by atoms with van der Waals surface area (Å²) in [5.41, 5.74) is 0.886. The van der Waals surface area contributed by atoms with Crippen LogP contribution in [0.15, 0.2) is 34.3 Å². The van der Waals surface area contributed by atoms with Crippen molar-refractivity contribution >= 4 is 40.4 Å². The number of hydrogen-bond donors (Lipinski definition) is 0. The van der Waals surface area contributed by atoms with E-state index in [0.29, 0.717) is 28.9 Å². The first-order chi connectivity index (χ1) is 13.1. The summed E-state index contributed by atoms with van der Waals surface area (Å²) in [7, 11) is 3.09. The number of amidine groups is 2. The van der Waals surface area contributed by atoms with Crippen molar-refractivity contribution in [1.29, 1.82) is 0 Å². The van der Waals surface area contributed by atoms with E-state index < -0.39 is 11.9 Å². The molecule has 1 unspecified atom stereocenters. The molecule has 6 nitrogen and oxygen atoms in total. The molecule has 28 heavy (non-hydrogen) atoms. The molecule has 3 amide bonds. The number of carbonyl (C=O) groups excluding carboxylic acids is 2. The van der Waals surface area contributed by atoms with E-state index in [4.69, 9.17) is 0 Å². The van der Waals surface area contributed by atoms with E-state index in [1.165, 1.54) is 35.5 Å². The lowest BCUT2D eigenvalue weighted by Crippen LogP contribution is -2.54.